The molecule has 0 spiro atoms. The molecule has 14 heavy (non-hydrogen) atoms. The quantitative estimate of drug-likeness (QED) is 0.726. The van der Waals surface area contributed by atoms with E-state index in [1.807, 2.05) is 12.1 Å². The first-order valence-electron chi connectivity index (χ1n) is 4.97. The molecule has 1 aliphatic rings. The lowest BCUT2D eigenvalue weighted by Crippen LogP contribution is -2.04. The topological polar surface area (TPSA) is 30.0 Å². The smallest absolute Gasteiger partial charge is 0.162 e. The number of pyridine rings is 1. The summed E-state index contributed by atoms with van der Waals surface area (Å²) in [5, 5.41) is 0. The number of nitrogens with zero attached hydrogens (tertiary/aromatic N) is 1. The Kier molecular flexibility index (Phi) is 2.73. The molecule has 1 aliphatic carbocycles. The van der Waals surface area contributed by atoms with E-state index in [1.165, 1.54) is 0 Å². The third-order valence-corrected chi connectivity index (χ3v) is 2.51. The minimum Gasteiger partial charge on any atom is -0.294 e. The minimum absolute atomic E-state index is 0.272. The van der Waals surface area contributed by atoms with Crippen LogP contribution in [-0.2, 0) is 11.2 Å². The summed E-state index contributed by atoms with van der Waals surface area (Å²) in [5.74, 6) is 0.272. The number of rotatable bonds is 3. The molecule has 0 radical (unpaired) electrons. The molecule has 2 heteroatoms. The second-order valence-corrected chi connectivity index (χ2v) is 3.58. The number of ketones is 1. The number of carbonyl (C=O) groups excluding carboxylic acids is 1. The first-order chi connectivity index (χ1) is 6.86. The van der Waals surface area contributed by atoms with Gasteiger partial charge in [-0.2, -0.15) is 0 Å². The standard InChI is InChI=1S/C12H13NO/c14-12(11-3-1-2-4-11)9-10-5-7-13-8-6-10/h3,5-8H,1-2,4,9H2. The van der Waals surface area contributed by atoms with Crippen LogP contribution in [-0.4, -0.2) is 10.8 Å². The molecule has 0 aromatic carbocycles. The van der Waals surface area contributed by atoms with Crippen LogP contribution in [0.4, 0.5) is 0 Å². The van der Waals surface area contributed by atoms with Gasteiger partial charge in [-0.05, 0) is 42.5 Å². The predicted octanol–water partition coefficient (Wildman–Crippen LogP) is 2.30. The molecule has 0 saturated heterocycles. The lowest BCUT2D eigenvalue weighted by atomic mass is 10.0. The molecule has 1 aromatic rings. The summed E-state index contributed by atoms with van der Waals surface area (Å²) >= 11 is 0. The Labute approximate surface area is 83.7 Å². The largest absolute Gasteiger partial charge is 0.294 e. The maximum atomic E-state index is 11.7. The van der Waals surface area contributed by atoms with Crippen molar-refractivity contribution in [1.82, 2.24) is 4.98 Å². The molecular weight excluding hydrogens is 174 g/mol. The molecule has 0 N–H and O–H groups in total. The van der Waals surface area contributed by atoms with Crippen LogP contribution in [0.5, 0.6) is 0 Å². The van der Waals surface area contributed by atoms with Gasteiger partial charge in [-0.3, -0.25) is 9.78 Å². The number of hydrogen-bond donors (Lipinski definition) is 0. The molecule has 2 rings (SSSR count). The molecular formula is C12H13NO. The van der Waals surface area contributed by atoms with Gasteiger partial charge in [-0.25, -0.2) is 0 Å². The van der Waals surface area contributed by atoms with Gasteiger partial charge in [0.05, 0.1) is 0 Å². The van der Waals surface area contributed by atoms with Crippen molar-refractivity contribution in [2.24, 2.45) is 0 Å². The van der Waals surface area contributed by atoms with E-state index in [0.717, 1.165) is 30.4 Å². The van der Waals surface area contributed by atoms with Crippen molar-refractivity contribution in [3.05, 3.63) is 41.7 Å². The summed E-state index contributed by atoms with van der Waals surface area (Å²) in [7, 11) is 0. The minimum atomic E-state index is 0.272. The van der Waals surface area contributed by atoms with Crippen molar-refractivity contribution in [1.29, 1.82) is 0 Å². The fourth-order valence-corrected chi connectivity index (χ4v) is 1.72. The molecule has 0 aliphatic heterocycles. The zero-order valence-corrected chi connectivity index (χ0v) is 8.07. The monoisotopic (exact) mass is 187 g/mol. The van der Waals surface area contributed by atoms with Crippen LogP contribution in [0.2, 0.25) is 0 Å². The average molecular weight is 187 g/mol. The van der Waals surface area contributed by atoms with E-state index in [1.54, 1.807) is 12.4 Å². The Morgan fingerprint density at radius 1 is 1.36 bits per heavy atom. The summed E-state index contributed by atoms with van der Waals surface area (Å²) in [6, 6.07) is 3.79. The van der Waals surface area contributed by atoms with Crippen LogP contribution in [0.1, 0.15) is 24.8 Å². The molecule has 1 heterocycles. The van der Waals surface area contributed by atoms with E-state index in [0.29, 0.717) is 6.42 Å². The Bertz CT molecular complexity index is 354. The molecule has 0 saturated carbocycles. The maximum absolute atomic E-state index is 11.7. The van der Waals surface area contributed by atoms with E-state index >= 15 is 0 Å². The third-order valence-electron chi connectivity index (χ3n) is 2.51. The Balaban J connectivity index is 2.01. The van der Waals surface area contributed by atoms with Gasteiger partial charge in [0.2, 0.25) is 0 Å². The Hall–Kier alpha value is -1.44. The average Bonchev–Trinajstić information content (AvgIpc) is 2.72. The molecule has 0 atom stereocenters. The van der Waals surface area contributed by atoms with Crippen molar-refractivity contribution in [3.63, 3.8) is 0 Å². The zero-order valence-electron chi connectivity index (χ0n) is 8.07. The van der Waals surface area contributed by atoms with Gasteiger partial charge < -0.3 is 0 Å². The van der Waals surface area contributed by atoms with Gasteiger partial charge in [0.25, 0.3) is 0 Å². The lowest BCUT2D eigenvalue weighted by Gasteiger charge is -2.00. The van der Waals surface area contributed by atoms with Gasteiger partial charge in [0, 0.05) is 18.8 Å². The normalized spacial score (nSPS) is 15.3. The number of aromatic nitrogens is 1. The van der Waals surface area contributed by atoms with Crippen molar-refractivity contribution >= 4 is 5.78 Å². The van der Waals surface area contributed by atoms with E-state index in [-0.39, 0.29) is 5.78 Å². The van der Waals surface area contributed by atoms with Crippen LogP contribution in [0.15, 0.2) is 36.2 Å². The SMILES string of the molecule is O=C(Cc1ccncc1)C1=CCCC1. The van der Waals surface area contributed by atoms with Crippen molar-refractivity contribution in [3.8, 4) is 0 Å². The third kappa shape index (κ3) is 2.08. The van der Waals surface area contributed by atoms with E-state index in [4.69, 9.17) is 0 Å². The lowest BCUT2D eigenvalue weighted by molar-refractivity contribution is -0.115. The van der Waals surface area contributed by atoms with Gasteiger partial charge in [0.15, 0.2) is 5.78 Å². The summed E-state index contributed by atoms with van der Waals surface area (Å²) in [5.41, 5.74) is 2.07. The summed E-state index contributed by atoms with van der Waals surface area (Å²) in [6.45, 7) is 0. The van der Waals surface area contributed by atoms with Crippen molar-refractivity contribution in [2.75, 3.05) is 0 Å². The number of allylic oxidation sites excluding steroid dienone is 2. The highest BCUT2D eigenvalue weighted by Crippen LogP contribution is 2.19. The van der Waals surface area contributed by atoms with E-state index in [9.17, 15) is 4.79 Å². The predicted molar refractivity (Wildman–Crippen MR) is 54.9 cm³/mol. The van der Waals surface area contributed by atoms with Gasteiger partial charge in [-0.15, -0.1) is 0 Å². The molecule has 72 valence electrons. The number of carbonyl (C=O) groups is 1. The first-order valence-corrected chi connectivity index (χ1v) is 4.97. The van der Waals surface area contributed by atoms with Gasteiger partial charge >= 0.3 is 0 Å². The van der Waals surface area contributed by atoms with Crippen molar-refractivity contribution in [2.45, 2.75) is 25.7 Å². The molecule has 0 bridgehead atoms. The van der Waals surface area contributed by atoms with E-state index in [2.05, 4.69) is 11.1 Å². The number of hydrogen-bond acceptors (Lipinski definition) is 2. The highest BCUT2D eigenvalue weighted by Gasteiger charge is 2.13. The fourth-order valence-electron chi connectivity index (χ4n) is 1.72. The summed E-state index contributed by atoms with van der Waals surface area (Å²) in [6.07, 6.45) is 9.22. The first kappa shape index (κ1) is 9.13. The molecule has 0 amide bonds. The van der Waals surface area contributed by atoms with Crippen LogP contribution >= 0.6 is 0 Å². The molecule has 2 nitrogen and oxygen atoms in total. The van der Waals surface area contributed by atoms with E-state index < -0.39 is 0 Å². The van der Waals surface area contributed by atoms with Crippen molar-refractivity contribution < 1.29 is 4.79 Å². The highest BCUT2D eigenvalue weighted by atomic mass is 16.1. The van der Waals surface area contributed by atoms with Gasteiger partial charge in [0.1, 0.15) is 0 Å². The zero-order chi connectivity index (χ0) is 9.80. The molecule has 1 aromatic heterocycles. The molecule has 0 fully saturated rings. The van der Waals surface area contributed by atoms with Crippen LogP contribution < -0.4 is 0 Å². The summed E-state index contributed by atoms with van der Waals surface area (Å²) < 4.78 is 0. The maximum Gasteiger partial charge on any atom is 0.162 e. The van der Waals surface area contributed by atoms with Crippen LogP contribution in [0.3, 0.4) is 0 Å². The Morgan fingerprint density at radius 2 is 2.14 bits per heavy atom. The second kappa shape index (κ2) is 4.18. The van der Waals surface area contributed by atoms with Gasteiger partial charge in [-0.1, -0.05) is 6.08 Å². The second-order valence-electron chi connectivity index (χ2n) is 3.58. The fraction of sp³-hybridized carbons (Fsp3) is 0.333. The van der Waals surface area contributed by atoms with Crippen LogP contribution in [0, 0.1) is 0 Å². The highest BCUT2D eigenvalue weighted by molar-refractivity contribution is 5.97. The number of Topliss-reactive ketones (excluding diaryl/α,β-unsaturated/α-hetero) is 1. The molecule has 0 unspecified atom stereocenters. The van der Waals surface area contributed by atoms with Crippen LogP contribution in [0.25, 0.3) is 0 Å². The summed E-state index contributed by atoms with van der Waals surface area (Å²) in [4.78, 5) is 15.7. The Morgan fingerprint density at radius 3 is 2.79 bits per heavy atom.